The van der Waals surface area contributed by atoms with Gasteiger partial charge in [0.15, 0.2) is 6.10 Å². The minimum atomic E-state index is -4.46. The van der Waals surface area contributed by atoms with Crippen LogP contribution in [0.25, 0.3) is 0 Å². The number of halogens is 3. The summed E-state index contributed by atoms with van der Waals surface area (Å²) in [5, 5.41) is 7.00. The van der Waals surface area contributed by atoms with Crippen molar-refractivity contribution < 1.29 is 17.9 Å². The summed E-state index contributed by atoms with van der Waals surface area (Å²) < 4.78 is 40.8. The van der Waals surface area contributed by atoms with E-state index in [2.05, 4.69) is 14.7 Å². The van der Waals surface area contributed by atoms with Crippen LogP contribution >= 0.6 is 0 Å². The Labute approximate surface area is 89.0 Å². The molecule has 1 aromatic rings. The highest BCUT2D eigenvalue weighted by molar-refractivity contribution is 5.92. The quantitative estimate of drug-likeness (QED) is 0.605. The minimum Gasteiger partial charge on any atom is -0.464 e. The van der Waals surface area contributed by atoms with E-state index in [1.807, 2.05) is 0 Å². The molecule has 3 N–H and O–H groups in total. The van der Waals surface area contributed by atoms with Gasteiger partial charge in [-0.2, -0.15) is 13.2 Å². The van der Waals surface area contributed by atoms with Gasteiger partial charge in [0.2, 0.25) is 5.88 Å². The fraction of sp³-hybridized carbons (Fsp3) is 0.375. The van der Waals surface area contributed by atoms with Gasteiger partial charge in [-0.1, -0.05) is 0 Å². The van der Waals surface area contributed by atoms with Gasteiger partial charge >= 0.3 is 6.18 Å². The van der Waals surface area contributed by atoms with Crippen LogP contribution in [-0.4, -0.2) is 28.1 Å². The fourth-order valence-corrected chi connectivity index (χ4v) is 0.764. The van der Waals surface area contributed by atoms with E-state index in [0.29, 0.717) is 0 Å². The number of amidine groups is 1. The highest BCUT2D eigenvalue weighted by Crippen LogP contribution is 2.23. The molecule has 0 saturated carbocycles. The van der Waals surface area contributed by atoms with Crippen molar-refractivity contribution >= 4 is 5.84 Å². The molecule has 1 aromatic heterocycles. The van der Waals surface area contributed by atoms with Crippen molar-refractivity contribution in [3.8, 4) is 5.88 Å². The summed E-state index contributed by atoms with van der Waals surface area (Å²) in [5.41, 5.74) is 5.17. The molecule has 1 rings (SSSR count). The number of nitrogens with one attached hydrogen (secondary N) is 1. The van der Waals surface area contributed by atoms with Crippen LogP contribution in [0.3, 0.4) is 0 Å². The lowest BCUT2D eigenvalue weighted by Crippen LogP contribution is -2.31. The van der Waals surface area contributed by atoms with Crippen LogP contribution in [0.2, 0.25) is 0 Å². The highest BCUT2D eigenvalue weighted by atomic mass is 19.4. The van der Waals surface area contributed by atoms with Crippen LogP contribution in [0.15, 0.2) is 12.4 Å². The second-order valence-electron chi connectivity index (χ2n) is 2.96. The molecule has 0 aromatic carbocycles. The number of ether oxygens (including phenoxy) is 1. The zero-order valence-electron chi connectivity index (χ0n) is 8.25. The van der Waals surface area contributed by atoms with Gasteiger partial charge in [0.05, 0.1) is 12.4 Å². The van der Waals surface area contributed by atoms with Gasteiger partial charge in [-0.05, 0) is 6.92 Å². The maximum absolute atomic E-state index is 12.1. The first kappa shape index (κ1) is 12.2. The van der Waals surface area contributed by atoms with E-state index < -0.39 is 12.3 Å². The van der Waals surface area contributed by atoms with Crippen LogP contribution < -0.4 is 10.5 Å². The van der Waals surface area contributed by atoms with Crippen molar-refractivity contribution in [2.75, 3.05) is 0 Å². The zero-order valence-corrected chi connectivity index (χ0v) is 8.25. The topological polar surface area (TPSA) is 84.9 Å². The van der Waals surface area contributed by atoms with Crippen molar-refractivity contribution in [1.82, 2.24) is 9.97 Å². The molecule has 5 nitrogen and oxygen atoms in total. The normalized spacial score (nSPS) is 13.2. The Morgan fingerprint density at radius 1 is 1.44 bits per heavy atom. The van der Waals surface area contributed by atoms with Crippen molar-refractivity contribution in [2.24, 2.45) is 5.73 Å². The number of hydrogen-bond donors (Lipinski definition) is 2. The molecule has 0 aliphatic heterocycles. The number of alkyl halides is 3. The maximum atomic E-state index is 12.1. The van der Waals surface area contributed by atoms with Gasteiger partial charge < -0.3 is 10.5 Å². The van der Waals surface area contributed by atoms with Crippen LogP contribution in [0.1, 0.15) is 12.6 Å². The predicted octanol–water partition coefficient (Wildman–Crippen LogP) is 1.09. The summed E-state index contributed by atoms with van der Waals surface area (Å²) in [5.74, 6) is -0.585. The first-order valence-corrected chi connectivity index (χ1v) is 4.20. The molecule has 1 unspecified atom stereocenters. The van der Waals surface area contributed by atoms with Crippen LogP contribution in [0, 0.1) is 5.41 Å². The third-order valence-electron chi connectivity index (χ3n) is 1.66. The molecule has 1 heterocycles. The molecule has 16 heavy (non-hydrogen) atoms. The maximum Gasteiger partial charge on any atom is 0.425 e. The third kappa shape index (κ3) is 3.07. The van der Waals surface area contributed by atoms with Gasteiger partial charge in [-0.25, -0.2) is 9.97 Å². The summed E-state index contributed by atoms with van der Waals surface area (Å²) in [7, 11) is 0. The van der Waals surface area contributed by atoms with Gasteiger partial charge in [0, 0.05) is 0 Å². The van der Waals surface area contributed by atoms with E-state index in [4.69, 9.17) is 11.1 Å². The van der Waals surface area contributed by atoms with Crippen molar-refractivity contribution in [3.63, 3.8) is 0 Å². The first-order valence-electron chi connectivity index (χ1n) is 4.20. The first-order chi connectivity index (χ1) is 7.30. The Morgan fingerprint density at radius 2 is 2.06 bits per heavy atom. The number of nitrogens with two attached hydrogens (primary N) is 1. The second kappa shape index (κ2) is 4.33. The second-order valence-corrected chi connectivity index (χ2v) is 2.96. The monoisotopic (exact) mass is 234 g/mol. The Morgan fingerprint density at radius 3 is 2.44 bits per heavy atom. The number of nitrogens with zero attached hydrogens (tertiary/aromatic N) is 2. The van der Waals surface area contributed by atoms with E-state index in [-0.39, 0.29) is 17.4 Å². The molecule has 0 aliphatic carbocycles. The van der Waals surface area contributed by atoms with Crippen LogP contribution in [0.5, 0.6) is 5.88 Å². The van der Waals surface area contributed by atoms with Gasteiger partial charge in [0.1, 0.15) is 11.5 Å². The van der Waals surface area contributed by atoms with Gasteiger partial charge in [0.25, 0.3) is 0 Å². The van der Waals surface area contributed by atoms with Crippen LogP contribution in [0.4, 0.5) is 13.2 Å². The fourth-order valence-electron chi connectivity index (χ4n) is 0.764. The summed E-state index contributed by atoms with van der Waals surface area (Å²) in [6.07, 6.45) is -4.37. The lowest BCUT2D eigenvalue weighted by atomic mass is 10.4. The van der Waals surface area contributed by atoms with E-state index >= 15 is 0 Å². The average Bonchev–Trinajstić information content (AvgIpc) is 2.17. The molecule has 8 heteroatoms. The summed E-state index contributed by atoms with van der Waals surface area (Å²) in [6, 6.07) is 0. The minimum absolute atomic E-state index is 0.0759. The SMILES string of the molecule is CC(Oc1cnc(C(=N)N)cn1)C(F)(F)F. The third-order valence-corrected chi connectivity index (χ3v) is 1.66. The van der Waals surface area contributed by atoms with Gasteiger partial charge in [-0.15, -0.1) is 0 Å². The molecule has 0 fully saturated rings. The Hall–Kier alpha value is -1.86. The standard InChI is InChI=1S/C8H9F3N4O/c1-4(8(9,10)11)16-6-3-14-5(2-15-6)7(12)13/h2-4H,1H3,(H3,12,13). The van der Waals surface area contributed by atoms with E-state index in [1.54, 1.807) is 0 Å². The zero-order chi connectivity index (χ0) is 12.3. The number of aromatic nitrogens is 2. The van der Waals surface area contributed by atoms with E-state index in [1.165, 1.54) is 0 Å². The van der Waals surface area contributed by atoms with E-state index in [0.717, 1.165) is 19.3 Å². The lowest BCUT2D eigenvalue weighted by Gasteiger charge is -2.16. The Balaban J connectivity index is 2.73. The van der Waals surface area contributed by atoms with Gasteiger partial charge in [-0.3, -0.25) is 5.41 Å². The number of hydrogen-bond acceptors (Lipinski definition) is 4. The number of rotatable bonds is 3. The molecule has 0 aliphatic rings. The summed E-state index contributed by atoms with van der Waals surface area (Å²) >= 11 is 0. The summed E-state index contributed by atoms with van der Waals surface area (Å²) in [6.45, 7) is 0.862. The molecule has 0 amide bonds. The lowest BCUT2D eigenvalue weighted by molar-refractivity contribution is -0.190. The molecule has 1 atom stereocenters. The molecule has 88 valence electrons. The molecular formula is C8H9F3N4O. The molecular weight excluding hydrogens is 225 g/mol. The largest absolute Gasteiger partial charge is 0.464 e. The van der Waals surface area contributed by atoms with Crippen molar-refractivity contribution in [2.45, 2.75) is 19.2 Å². The smallest absolute Gasteiger partial charge is 0.425 e. The summed E-state index contributed by atoms with van der Waals surface area (Å²) in [4.78, 5) is 7.16. The molecule has 0 bridgehead atoms. The molecule has 0 spiro atoms. The van der Waals surface area contributed by atoms with Crippen molar-refractivity contribution in [1.29, 1.82) is 5.41 Å². The van der Waals surface area contributed by atoms with Crippen molar-refractivity contribution in [3.05, 3.63) is 18.1 Å². The van der Waals surface area contributed by atoms with E-state index in [9.17, 15) is 13.2 Å². The number of nitrogen functional groups attached to an aromatic ring is 1. The molecule has 0 radical (unpaired) electrons. The Bertz CT molecular complexity index is 376. The Kier molecular flexibility index (Phi) is 3.31. The average molecular weight is 234 g/mol. The highest BCUT2D eigenvalue weighted by Gasteiger charge is 2.38. The van der Waals surface area contributed by atoms with Crippen LogP contribution in [-0.2, 0) is 0 Å². The molecule has 0 saturated heterocycles. The predicted molar refractivity (Wildman–Crippen MR) is 49.2 cm³/mol.